The highest BCUT2D eigenvalue weighted by Gasteiger charge is 2.13. The number of nitrogens with zero attached hydrogens (tertiary/aromatic N) is 5. The molecule has 2 heterocycles. The Hall–Kier alpha value is -2.25. The lowest BCUT2D eigenvalue weighted by atomic mass is 10.1. The van der Waals surface area contributed by atoms with Gasteiger partial charge in [-0.1, -0.05) is 40.2 Å². The molecule has 0 bridgehead atoms. The van der Waals surface area contributed by atoms with Gasteiger partial charge in [-0.25, -0.2) is 0 Å². The predicted molar refractivity (Wildman–Crippen MR) is 76.6 cm³/mol. The molecule has 0 aliphatic heterocycles. The lowest BCUT2D eigenvalue weighted by Gasteiger charge is -1.98. The first-order chi connectivity index (χ1) is 10.3. The van der Waals surface area contributed by atoms with Gasteiger partial charge in [-0.15, -0.1) is 5.10 Å². The monoisotopic (exact) mass is 304 g/mol. The van der Waals surface area contributed by atoms with Crippen molar-refractivity contribution in [1.82, 2.24) is 25.1 Å². The predicted octanol–water partition coefficient (Wildman–Crippen LogP) is 1.53. The minimum Gasteiger partial charge on any atom is -0.332 e. The van der Waals surface area contributed by atoms with Crippen LogP contribution in [0, 0.1) is 0 Å². The van der Waals surface area contributed by atoms with Crippen molar-refractivity contribution < 1.29 is 4.52 Å². The van der Waals surface area contributed by atoms with Gasteiger partial charge in [0.2, 0.25) is 0 Å². The van der Waals surface area contributed by atoms with Gasteiger partial charge in [-0.05, 0) is 11.6 Å². The van der Waals surface area contributed by atoms with Crippen molar-refractivity contribution in [3.8, 4) is 11.6 Å². The first-order valence-corrected chi connectivity index (χ1v) is 6.80. The molecule has 0 amide bonds. The van der Waals surface area contributed by atoms with Gasteiger partial charge in [-0.2, -0.15) is 4.98 Å². The molecule has 108 valence electrons. The van der Waals surface area contributed by atoms with Crippen LogP contribution in [-0.4, -0.2) is 31.7 Å². The number of rotatable bonds is 5. The van der Waals surface area contributed by atoms with Gasteiger partial charge in [0.1, 0.15) is 0 Å². The second-order valence-corrected chi connectivity index (χ2v) is 4.85. The van der Waals surface area contributed by atoms with Crippen LogP contribution in [0.2, 0.25) is 5.02 Å². The molecule has 2 N–H and O–H groups in total. The summed E-state index contributed by atoms with van der Waals surface area (Å²) in [5.41, 5.74) is 6.93. The molecule has 0 fully saturated rings. The summed E-state index contributed by atoms with van der Waals surface area (Å²) in [6.07, 6.45) is 2.22. The minimum atomic E-state index is 0.334. The van der Waals surface area contributed by atoms with Crippen molar-refractivity contribution in [1.29, 1.82) is 0 Å². The van der Waals surface area contributed by atoms with Crippen LogP contribution in [0.3, 0.4) is 0 Å². The summed E-state index contributed by atoms with van der Waals surface area (Å²) in [4.78, 5) is 4.31. The Balaban J connectivity index is 1.78. The molecule has 0 atom stereocenters. The van der Waals surface area contributed by atoms with E-state index in [-0.39, 0.29) is 0 Å². The van der Waals surface area contributed by atoms with E-state index in [1.165, 1.54) is 0 Å². The van der Waals surface area contributed by atoms with Crippen molar-refractivity contribution in [2.75, 3.05) is 6.54 Å². The van der Waals surface area contributed by atoms with Gasteiger partial charge in [0.05, 0.1) is 12.7 Å². The van der Waals surface area contributed by atoms with E-state index < -0.39 is 0 Å². The van der Waals surface area contributed by atoms with E-state index in [0.717, 1.165) is 5.56 Å². The third kappa shape index (κ3) is 3.09. The molecule has 2 aromatic heterocycles. The molecular weight excluding hydrogens is 292 g/mol. The average Bonchev–Trinajstić information content (AvgIpc) is 3.11. The summed E-state index contributed by atoms with van der Waals surface area (Å²) in [5.74, 6) is 0.881. The minimum absolute atomic E-state index is 0.334. The van der Waals surface area contributed by atoms with Gasteiger partial charge in [-0.3, -0.25) is 4.68 Å². The molecule has 3 rings (SSSR count). The molecule has 21 heavy (non-hydrogen) atoms. The second-order valence-electron chi connectivity index (χ2n) is 4.44. The zero-order chi connectivity index (χ0) is 14.7. The fourth-order valence-corrected chi connectivity index (χ4v) is 2.08. The maximum absolute atomic E-state index is 6.11. The van der Waals surface area contributed by atoms with Crippen LogP contribution in [0.1, 0.15) is 11.4 Å². The van der Waals surface area contributed by atoms with Crippen LogP contribution in [-0.2, 0) is 13.0 Å². The summed E-state index contributed by atoms with van der Waals surface area (Å²) < 4.78 is 6.84. The molecule has 0 unspecified atom stereocenters. The second kappa shape index (κ2) is 6.02. The lowest BCUT2D eigenvalue weighted by Crippen LogP contribution is -2.10. The number of hydrogen-bond acceptors (Lipinski definition) is 6. The molecule has 0 aliphatic carbocycles. The van der Waals surface area contributed by atoms with Gasteiger partial charge in [0.25, 0.3) is 5.89 Å². The molecular formula is C13H13ClN6O. The molecule has 0 aliphatic rings. The Labute approximate surface area is 125 Å². The fourth-order valence-electron chi connectivity index (χ4n) is 1.88. The average molecular weight is 305 g/mol. The largest absolute Gasteiger partial charge is 0.332 e. The molecule has 1 aromatic carbocycles. The van der Waals surface area contributed by atoms with Crippen LogP contribution in [0.4, 0.5) is 0 Å². The van der Waals surface area contributed by atoms with Crippen LogP contribution >= 0.6 is 11.6 Å². The van der Waals surface area contributed by atoms with Crippen molar-refractivity contribution in [3.05, 3.63) is 46.9 Å². The maximum Gasteiger partial charge on any atom is 0.280 e. The third-order valence-corrected chi connectivity index (χ3v) is 3.26. The summed E-state index contributed by atoms with van der Waals surface area (Å²) in [6.45, 7) is 1.08. The number of aromatic nitrogens is 5. The Morgan fingerprint density at radius 1 is 1.29 bits per heavy atom. The van der Waals surface area contributed by atoms with E-state index in [1.54, 1.807) is 10.9 Å². The Kier molecular flexibility index (Phi) is 3.94. The van der Waals surface area contributed by atoms with Crippen LogP contribution in [0.15, 0.2) is 35.0 Å². The van der Waals surface area contributed by atoms with Crippen LogP contribution in [0.5, 0.6) is 0 Å². The normalized spacial score (nSPS) is 11.0. The molecule has 0 saturated carbocycles. The molecule has 0 radical (unpaired) electrons. The van der Waals surface area contributed by atoms with E-state index >= 15 is 0 Å². The van der Waals surface area contributed by atoms with Crippen molar-refractivity contribution >= 4 is 11.6 Å². The summed E-state index contributed by atoms with van der Waals surface area (Å²) in [7, 11) is 0. The highest BCUT2D eigenvalue weighted by atomic mass is 35.5. The van der Waals surface area contributed by atoms with E-state index in [1.807, 2.05) is 24.3 Å². The van der Waals surface area contributed by atoms with Crippen LogP contribution < -0.4 is 5.73 Å². The zero-order valence-electron chi connectivity index (χ0n) is 11.1. The van der Waals surface area contributed by atoms with E-state index in [4.69, 9.17) is 21.9 Å². The van der Waals surface area contributed by atoms with E-state index in [2.05, 4.69) is 20.5 Å². The molecule has 0 saturated heterocycles. The van der Waals surface area contributed by atoms with Gasteiger partial charge in [0, 0.05) is 18.0 Å². The first-order valence-electron chi connectivity index (χ1n) is 6.43. The number of nitrogens with two attached hydrogens (primary N) is 1. The van der Waals surface area contributed by atoms with Crippen molar-refractivity contribution in [3.63, 3.8) is 0 Å². The lowest BCUT2D eigenvalue weighted by molar-refractivity contribution is 0.422. The number of benzene rings is 1. The molecule has 7 nitrogen and oxygen atoms in total. The number of halogens is 1. The zero-order valence-corrected chi connectivity index (χ0v) is 11.9. The standard InChI is InChI=1S/C13H13ClN6O/c14-10-4-2-1-3-9(10)7-12-16-13(21-18-12)11-8-20(6-5-15)19-17-11/h1-4,8H,5-7,15H2. The SMILES string of the molecule is NCCn1cc(-c2nc(Cc3ccccc3Cl)no2)nn1. The quantitative estimate of drug-likeness (QED) is 0.768. The van der Waals surface area contributed by atoms with Crippen molar-refractivity contribution in [2.45, 2.75) is 13.0 Å². The molecule has 0 spiro atoms. The Bertz CT molecular complexity index is 738. The smallest absolute Gasteiger partial charge is 0.280 e. The molecule has 3 aromatic rings. The topological polar surface area (TPSA) is 95.7 Å². The summed E-state index contributed by atoms with van der Waals surface area (Å²) >= 11 is 6.11. The van der Waals surface area contributed by atoms with E-state index in [9.17, 15) is 0 Å². The van der Waals surface area contributed by atoms with Gasteiger partial charge < -0.3 is 10.3 Å². The fraction of sp³-hybridized carbons (Fsp3) is 0.231. The van der Waals surface area contributed by atoms with E-state index in [0.29, 0.717) is 41.9 Å². The van der Waals surface area contributed by atoms with Crippen molar-refractivity contribution in [2.24, 2.45) is 5.73 Å². The highest BCUT2D eigenvalue weighted by molar-refractivity contribution is 6.31. The summed E-state index contributed by atoms with van der Waals surface area (Å²) in [6, 6.07) is 7.55. The molecule has 8 heteroatoms. The summed E-state index contributed by atoms with van der Waals surface area (Å²) in [5, 5.41) is 12.5. The highest BCUT2D eigenvalue weighted by Crippen LogP contribution is 2.19. The van der Waals surface area contributed by atoms with Gasteiger partial charge in [0.15, 0.2) is 11.5 Å². The van der Waals surface area contributed by atoms with Gasteiger partial charge >= 0.3 is 0 Å². The van der Waals surface area contributed by atoms with Crippen LogP contribution in [0.25, 0.3) is 11.6 Å². The number of hydrogen-bond donors (Lipinski definition) is 1. The Morgan fingerprint density at radius 2 is 2.14 bits per heavy atom. The third-order valence-electron chi connectivity index (χ3n) is 2.89. The maximum atomic E-state index is 6.11. The Morgan fingerprint density at radius 3 is 2.95 bits per heavy atom. The first kappa shape index (κ1) is 13.7.